The topological polar surface area (TPSA) is 120 Å². The molecule has 0 amide bonds. The van der Waals surface area contributed by atoms with E-state index in [-0.39, 0.29) is 19.2 Å². The number of hydrogen-bond acceptors (Lipinski definition) is 9. The minimum Gasteiger partial charge on any atom is -0.460 e. The van der Waals surface area contributed by atoms with Crippen LogP contribution in [0.4, 0.5) is 0 Å². The number of carbonyl (C=O) groups is 2. The Balaban J connectivity index is 0.000000254. The third kappa shape index (κ3) is 9.67. The van der Waals surface area contributed by atoms with Gasteiger partial charge in [0.05, 0.1) is 13.2 Å². The average molecular weight is 523 g/mol. The molecule has 10 nitrogen and oxygen atoms in total. The number of rotatable bonds is 11. The smallest absolute Gasteiger partial charge is 0.339 e. The lowest BCUT2D eigenvalue weighted by molar-refractivity contribution is -0.150. The van der Waals surface area contributed by atoms with E-state index in [0.29, 0.717) is 19.8 Å². The number of hydrogen-bond donors (Lipinski definition) is 1. The molecule has 0 unspecified atom stereocenters. The second-order valence-electron chi connectivity index (χ2n) is 7.88. The molecular formula is C25H34N2O8S. The summed E-state index contributed by atoms with van der Waals surface area (Å²) in [7, 11) is -0.755. The molecule has 1 heterocycles. The summed E-state index contributed by atoms with van der Waals surface area (Å²) in [6, 6.07) is 17.5. The molecular weight excluding hydrogens is 488 g/mol. The van der Waals surface area contributed by atoms with Gasteiger partial charge in [-0.05, 0) is 24.6 Å². The SMILES string of the molecule is CCCOC[C@H](NC)C(=O)OCc1ccccc1.CN1[C@H](C(=O)OCc2ccccc2)COS1(=O)=O. The first-order valence-corrected chi connectivity index (χ1v) is 12.9. The van der Waals surface area contributed by atoms with Crippen molar-refractivity contribution in [1.29, 1.82) is 0 Å². The van der Waals surface area contributed by atoms with E-state index < -0.39 is 28.4 Å². The van der Waals surface area contributed by atoms with Crippen LogP contribution in [0.25, 0.3) is 0 Å². The van der Waals surface area contributed by atoms with Crippen LogP contribution < -0.4 is 5.32 Å². The Kier molecular flexibility index (Phi) is 12.5. The second kappa shape index (κ2) is 15.3. The second-order valence-corrected chi connectivity index (χ2v) is 9.54. The highest BCUT2D eigenvalue weighted by molar-refractivity contribution is 7.84. The number of ether oxygens (including phenoxy) is 3. The van der Waals surface area contributed by atoms with Gasteiger partial charge in [0.2, 0.25) is 0 Å². The fraction of sp³-hybridized carbons (Fsp3) is 0.440. The van der Waals surface area contributed by atoms with E-state index in [4.69, 9.17) is 14.2 Å². The molecule has 1 aliphatic heterocycles. The van der Waals surface area contributed by atoms with Crippen molar-refractivity contribution in [3.05, 3.63) is 71.8 Å². The summed E-state index contributed by atoms with van der Waals surface area (Å²) >= 11 is 0. The first-order chi connectivity index (χ1) is 17.3. The van der Waals surface area contributed by atoms with Gasteiger partial charge in [-0.2, -0.15) is 12.7 Å². The molecule has 0 saturated carbocycles. The molecule has 0 spiro atoms. The van der Waals surface area contributed by atoms with Gasteiger partial charge in [0.25, 0.3) is 0 Å². The Morgan fingerprint density at radius 3 is 2.06 bits per heavy atom. The van der Waals surface area contributed by atoms with Gasteiger partial charge in [0.1, 0.15) is 25.3 Å². The molecule has 1 fully saturated rings. The predicted octanol–water partition coefficient (Wildman–Crippen LogP) is 2.05. The monoisotopic (exact) mass is 522 g/mol. The average Bonchev–Trinajstić information content (AvgIpc) is 3.17. The van der Waals surface area contributed by atoms with Gasteiger partial charge in [-0.1, -0.05) is 67.6 Å². The summed E-state index contributed by atoms with van der Waals surface area (Å²) in [4.78, 5) is 23.5. The summed E-state index contributed by atoms with van der Waals surface area (Å²) in [6.45, 7) is 3.24. The first-order valence-electron chi connectivity index (χ1n) is 11.6. The van der Waals surface area contributed by atoms with Crippen molar-refractivity contribution in [2.75, 3.05) is 33.9 Å². The van der Waals surface area contributed by atoms with Crippen LogP contribution in [0.2, 0.25) is 0 Å². The molecule has 0 radical (unpaired) electrons. The lowest BCUT2D eigenvalue weighted by Crippen LogP contribution is -2.39. The third-order valence-corrected chi connectivity index (χ3v) is 6.55. The zero-order valence-electron chi connectivity index (χ0n) is 20.8. The van der Waals surface area contributed by atoms with Gasteiger partial charge >= 0.3 is 22.2 Å². The standard InChI is InChI=1S/C14H21NO3.C11H13NO5S/c1-3-9-17-11-13(15-2)14(16)18-10-12-7-5-4-6-8-12;1-12-10(8-17-18(12,14)15)11(13)16-7-9-5-3-2-4-6-9/h4-8,13,15H,3,9-11H2,1-2H3;2-6,10H,7-8H2,1H3/t13-;10-/m00/s1. The number of carbonyl (C=O) groups excluding carboxylic acids is 2. The van der Waals surface area contributed by atoms with E-state index in [1.54, 1.807) is 7.05 Å². The molecule has 36 heavy (non-hydrogen) atoms. The summed E-state index contributed by atoms with van der Waals surface area (Å²) in [5.74, 6) is -0.889. The lowest BCUT2D eigenvalue weighted by atomic mass is 10.2. The fourth-order valence-corrected chi connectivity index (χ4v) is 3.91. The van der Waals surface area contributed by atoms with Gasteiger partial charge in [0, 0.05) is 13.7 Å². The van der Waals surface area contributed by atoms with Gasteiger partial charge in [-0.15, -0.1) is 0 Å². The largest absolute Gasteiger partial charge is 0.460 e. The van der Waals surface area contributed by atoms with Gasteiger partial charge < -0.3 is 19.5 Å². The minimum atomic E-state index is -3.77. The maximum atomic E-state index is 11.8. The summed E-state index contributed by atoms with van der Waals surface area (Å²) < 4.78 is 43.5. The van der Waals surface area contributed by atoms with E-state index in [0.717, 1.165) is 21.9 Å². The Morgan fingerprint density at radius 2 is 1.58 bits per heavy atom. The van der Waals surface area contributed by atoms with Crippen LogP contribution in [0, 0.1) is 0 Å². The molecule has 2 aromatic rings. The summed E-state index contributed by atoms with van der Waals surface area (Å²) in [5.41, 5.74) is 1.82. The van der Waals surface area contributed by atoms with Crippen LogP contribution in [-0.2, 0) is 51.5 Å². The highest BCUT2D eigenvalue weighted by Gasteiger charge is 2.41. The molecule has 1 saturated heterocycles. The Labute approximate surface area is 212 Å². The van der Waals surface area contributed by atoms with E-state index in [1.165, 1.54) is 7.05 Å². The molecule has 0 aromatic heterocycles. The van der Waals surface area contributed by atoms with Crippen LogP contribution in [0.5, 0.6) is 0 Å². The lowest BCUT2D eigenvalue weighted by Gasteiger charge is -2.15. The minimum absolute atomic E-state index is 0.115. The van der Waals surface area contributed by atoms with E-state index in [2.05, 4.69) is 9.50 Å². The Morgan fingerprint density at radius 1 is 1.03 bits per heavy atom. The highest BCUT2D eigenvalue weighted by atomic mass is 32.2. The normalized spacial score (nSPS) is 17.5. The molecule has 1 N–H and O–H groups in total. The molecule has 198 valence electrons. The zero-order valence-corrected chi connectivity index (χ0v) is 21.6. The van der Waals surface area contributed by atoms with E-state index >= 15 is 0 Å². The number of esters is 2. The van der Waals surface area contributed by atoms with Crippen LogP contribution >= 0.6 is 0 Å². The molecule has 0 aliphatic carbocycles. The van der Waals surface area contributed by atoms with Crippen LogP contribution in [-0.4, -0.2) is 70.7 Å². The molecule has 0 bridgehead atoms. The highest BCUT2D eigenvalue weighted by Crippen LogP contribution is 2.17. The Hall–Kier alpha value is -2.83. The first kappa shape index (κ1) is 29.4. The predicted molar refractivity (Wildman–Crippen MR) is 133 cm³/mol. The van der Waals surface area contributed by atoms with Crippen molar-refractivity contribution >= 4 is 22.2 Å². The maximum Gasteiger partial charge on any atom is 0.339 e. The van der Waals surface area contributed by atoms with Gasteiger partial charge in [0.15, 0.2) is 0 Å². The van der Waals surface area contributed by atoms with E-state index in [1.807, 2.05) is 67.6 Å². The van der Waals surface area contributed by atoms with E-state index in [9.17, 15) is 18.0 Å². The summed E-state index contributed by atoms with van der Waals surface area (Å²) in [5, 5.41) is 2.90. The zero-order chi connectivity index (χ0) is 26.4. The van der Waals surface area contributed by atoms with Gasteiger partial charge in [-0.25, -0.2) is 0 Å². The van der Waals surface area contributed by atoms with Crippen LogP contribution in [0.1, 0.15) is 24.5 Å². The molecule has 1 aliphatic rings. The van der Waals surface area contributed by atoms with Crippen molar-refractivity contribution in [2.45, 2.75) is 38.6 Å². The van der Waals surface area contributed by atoms with Crippen molar-refractivity contribution in [3.8, 4) is 0 Å². The fourth-order valence-electron chi connectivity index (χ4n) is 2.98. The molecule has 2 atom stereocenters. The van der Waals surface area contributed by atoms with Crippen LogP contribution in [0.15, 0.2) is 60.7 Å². The maximum absolute atomic E-state index is 11.8. The molecule has 2 aromatic carbocycles. The van der Waals surface area contributed by atoms with Gasteiger partial charge in [-0.3, -0.25) is 13.8 Å². The van der Waals surface area contributed by atoms with Crippen molar-refractivity contribution in [2.24, 2.45) is 0 Å². The summed E-state index contributed by atoms with van der Waals surface area (Å²) in [6.07, 6.45) is 0.940. The van der Waals surface area contributed by atoms with Crippen molar-refractivity contribution < 1.29 is 36.4 Å². The number of benzene rings is 2. The van der Waals surface area contributed by atoms with Crippen molar-refractivity contribution in [3.63, 3.8) is 0 Å². The van der Waals surface area contributed by atoms with Crippen molar-refractivity contribution in [1.82, 2.24) is 9.62 Å². The molecule has 3 rings (SSSR count). The molecule has 11 heteroatoms. The Bertz CT molecular complexity index is 1030. The number of nitrogens with zero attached hydrogens (tertiary/aromatic N) is 1. The third-order valence-electron chi connectivity index (χ3n) is 5.15. The number of nitrogens with one attached hydrogen (secondary N) is 1. The quantitative estimate of drug-likeness (QED) is 0.349. The number of likely N-dealkylation sites (N-methyl/N-ethyl adjacent to an activating group) is 2. The van der Waals surface area contributed by atoms with Crippen LogP contribution in [0.3, 0.4) is 0 Å².